The lowest BCUT2D eigenvalue weighted by atomic mass is 9.81. The Morgan fingerprint density at radius 3 is 2.40 bits per heavy atom. The lowest BCUT2D eigenvalue weighted by Gasteiger charge is -2.26. The van der Waals surface area contributed by atoms with Crippen molar-refractivity contribution in [3.63, 3.8) is 0 Å². The number of aromatic nitrogens is 2. The second-order valence-corrected chi connectivity index (χ2v) is 7.66. The largest absolute Gasteiger partial charge is 0.324 e. The number of nitrogens with two attached hydrogens (primary N) is 1. The first-order valence-electron chi connectivity index (χ1n) is 8.36. The molecule has 2 N–H and O–H groups in total. The van der Waals surface area contributed by atoms with Gasteiger partial charge in [-0.25, -0.2) is 0 Å². The van der Waals surface area contributed by atoms with Gasteiger partial charge in [-0.15, -0.1) is 0 Å². The zero-order valence-corrected chi connectivity index (χ0v) is 13.3. The van der Waals surface area contributed by atoms with Crippen LogP contribution in [0.3, 0.4) is 0 Å². The minimum atomic E-state index is 0.0636. The Kier molecular flexibility index (Phi) is 3.65. The summed E-state index contributed by atoms with van der Waals surface area (Å²) in [5.41, 5.74) is 10.7. The van der Waals surface area contributed by atoms with Gasteiger partial charge in [0.2, 0.25) is 0 Å². The molecule has 3 rings (SSSR count). The van der Waals surface area contributed by atoms with Gasteiger partial charge in [0.05, 0.1) is 11.2 Å². The van der Waals surface area contributed by atoms with E-state index in [2.05, 4.69) is 25.5 Å². The maximum Gasteiger partial charge on any atom is 0.0706 e. The minimum absolute atomic E-state index is 0.0636. The first-order valence-corrected chi connectivity index (χ1v) is 8.36. The molecule has 0 aliphatic heterocycles. The van der Waals surface area contributed by atoms with Crippen LogP contribution in [0.1, 0.15) is 94.6 Å². The van der Waals surface area contributed by atoms with E-state index in [0.29, 0.717) is 5.92 Å². The molecule has 112 valence electrons. The predicted octanol–water partition coefficient (Wildman–Crippen LogP) is 4.02. The molecule has 0 aromatic carbocycles. The molecule has 1 heterocycles. The van der Waals surface area contributed by atoms with Crippen LogP contribution in [0.2, 0.25) is 0 Å². The number of fused-ring (bicyclic) bond motifs is 1. The quantitative estimate of drug-likeness (QED) is 0.841. The highest BCUT2D eigenvalue weighted by Crippen LogP contribution is 2.41. The molecule has 1 atom stereocenters. The van der Waals surface area contributed by atoms with Crippen LogP contribution in [0.5, 0.6) is 0 Å². The van der Waals surface area contributed by atoms with Crippen molar-refractivity contribution in [2.75, 3.05) is 0 Å². The summed E-state index contributed by atoms with van der Waals surface area (Å²) in [6, 6.07) is 0.215. The molecule has 0 saturated heterocycles. The highest BCUT2D eigenvalue weighted by Gasteiger charge is 2.33. The maximum absolute atomic E-state index is 6.46. The van der Waals surface area contributed by atoms with Crippen LogP contribution in [-0.2, 0) is 12.0 Å². The molecule has 1 aromatic heterocycles. The van der Waals surface area contributed by atoms with Crippen LogP contribution in [0.15, 0.2) is 0 Å². The van der Waals surface area contributed by atoms with Gasteiger partial charge in [-0.2, -0.15) is 5.10 Å². The van der Waals surface area contributed by atoms with Crippen LogP contribution in [0, 0.1) is 0 Å². The average molecular weight is 275 g/mol. The van der Waals surface area contributed by atoms with Crippen molar-refractivity contribution >= 4 is 0 Å². The summed E-state index contributed by atoms with van der Waals surface area (Å²) in [5.74, 6) is 0.658. The first-order chi connectivity index (χ1) is 9.48. The SMILES string of the molecule is CC(C)(C)n1nc(C2CCCCC2)c2c1CCCC2N. The molecule has 0 amide bonds. The Balaban J connectivity index is 2.07. The molecule has 1 aromatic rings. The Morgan fingerprint density at radius 2 is 1.75 bits per heavy atom. The zero-order valence-electron chi connectivity index (χ0n) is 13.3. The fourth-order valence-corrected chi connectivity index (χ4v) is 3.99. The molecule has 3 heteroatoms. The highest BCUT2D eigenvalue weighted by atomic mass is 15.3. The second kappa shape index (κ2) is 5.18. The number of hydrogen-bond acceptors (Lipinski definition) is 2. The smallest absolute Gasteiger partial charge is 0.0706 e. The fourth-order valence-electron chi connectivity index (χ4n) is 3.99. The van der Waals surface area contributed by atoms with E-state index in [9.17, 15) is 0 Å². The number of hydrogen-bond donors (Lipinski definition) is 1. The van der Waals surface area contributed by atoms with Crippen molar-refractivity contribution in [1.29, 1.82) is 0 Å². The monoisotopic (exact) mass is 275 g/mol. The van der Waals surface area contributed by atoms with Gasteiger partial charge in [0.25, 0.3) is 0 Å². The second-order valence-electron chi connectivity index (χ2n) is 7.66. The standard InChI is InChI=1S/C17H29N3/c1-17(2,3)20-14-11-7-10-13(18)15(14)16(19-20)12-8-5-4-6-9-12/h12-13H,4-11,18H2,1-3H3. The molecule has 0 spiro atoms. The van der Waals surface area contributed by atoms with Crippen molar-refractivity contribution in [1.82, 2.24) is 9.78 Å². The van der Waals surface area contributed by atoms with Crippen molar-refractivity contribution in [3.05, 3.63) is 17.0 Å². The molecule has 0 bridgehead atoms. The molecule has 0 radical (unpaired) electrons. The predicted molar refractivity (Wildman–Crippen MR) is 82.9 cm³/mol. The summed E-state index contributed by atoms with van der Waals surface area (Å²) < 4.78 is 2.28. The van der Waals surface area contributed by atoms with E-state index in [1.807, 2.05) is 0 Å². The molecule has 2 aliphatic carbocycles. The summed E-state index contributed by atoms with van der Waals surface area (Å²) >= 11 is 0. The number of nitrogens with zero attached hydrogens (tertiary/aromatic N) is 2. The van der Waals surface area contributed by atoms with Crippen LogP contribution < -0.4 is 5.73 Å². The van der Waals surface area contributed by atoms with E-state index in [0.717, 1.165) is 12.8 Å². The third-order valence-electron chi connectivity index (χ3n) is 4.98. The van der Waals surface area contributed by atoms with E-state index >= 15 is 0 Å². The topological polar surface area (TPSA) is 43.8 Å². The van der Waals surface area contributed by atoms with Gasteiger partial charge in [0.15, 0.2) is 0 Å². The maximum atomic E-state index is 6.46. The molecule has 1 unspecified atom stereocenters. The lowest BCUT2D eigenvalue weighted by Crippen LogP contribution is -2.27. The average Bonchev–Trinajstić information content (AvgIpc) is 2.81. The van der Waals surface area contributed by atoms with Gasteiger partial charge in [-0.3, -0.25) is 4.68 Å². The molecule has 3 nitrogen and oxygen atoms in total. The normalized spacial score (nSPS) is 24.7. The van der Waals surface area contributed by atoms with Gasteiger partial charge in [-0.05, 0) is 52.9 Å². The Morgan fingerprint density at radius 1 is 1.05 bits per heavy atom. The van der Waals surface area contributed by atoms with Gasteiger partial charge in [0, 0.05) is 23.2 Å². The third-order valence-corrected chi connectivity index (χ3v) is 4.98. The van der Waals surface area contributed by atoms with Crippen molar-refractivity contribution in [2.45, 2.75) is 89.6 Å². The first kappa shape index (κ1) is 14.1. The van der Waals surface area contributed by atoms with Crippen LogP contribution >= 0.6 is 0 Å². The minimum Gasteiger partial charge on any atom is -0.324 e. The summed E-state index contributed by atoms with van der Waals surface area (Å²) in [6.07, 6.45) is 10.2. The van der Waals surface area contributed by atoms with Gasteiger partial charge in [-0.1, -0.05) is 19.3 Å². The van der Waals surface area contributed by atoms with Crippen LogP contribution in [0.25, 0.3) is 0 Å². The van der Waals surface area contributed by atoms with E-state index < -0.39 is 0 Å². The molecular formula is C17H29N3. The highest BCUT2D eigenvalue weighted by molar-refractivity contribution is 5.35. The zero-order chi connectivity index (χ0) is 14.3. The van der Waals surface area contributed by atoms with Crippen LogP contribution in [-0.4, -0.2) is 9.78 Å². The van der Waals surface area contributed by atoms with Crippen molar-refractivity contribution in [3.8, 4) is 0 Å². The van der Waals surface area contributed by atoms with Crippen LogP contribution in [0.4, 0.5) is 0 Å². The summed E-state index contributed by atoms with van der Waals surface area (Å²) in [6.45, 7) is 6.77. The number of rotatable bonds is 1. The summed E-state index contributed by atoms with van der Waals surface area (Å²) in [7, 11) is 0. The van der Waals surface area contributed by atoms with E-state index in [-0.39, 0.29) is 11.6 Å². The van der Waals surface area contributed by atoms with Crippen molar-refractivity contribution in [2.24, 2.45) is 5.73 Å². The van der Waals surface area contributed by atoms with Crippen molar-refractivity contribution < 1.29 is 0 Å². The molecular weight excluding hydrogens is 246 g/mol. The van der Waals surface area contributed by atoms with E-state index in [1.165, 1.54) is 55.5 Å². The molecule has 20 heavy (non-hydrogen) atoms. The summed E-state index contributed by atoms with van der Waals surface area (Å²) in [5, 5.41) is 5.07. The van der Waals surface area contributed by atoms with Gasteiger partial charge < -0.3 is 5.73 Å². The lowest BCUT2D eigenvalue weighted by molar-refractivity contribution is 0.332. The molecule has 1 saturated carbocycles. The Hall–Kier alpha value is -0.830. The Bertz CT molecular complexity index is 475. The van der Waals surface area contributed by atoms with E-state index in [4.69, 9.17) is 10.8 Å². The summed E-state index contributed by atoms with van der Waals surface area (Å²) in [4.78, 5) is 0. The molecule has 1 fully saturated rings. The molecule has 2 aliphatic rings. The van der Waals surface area contributed by atoms with Gasteiger partial charge >= 0.3 is 0 Å². The third kappa shape index (κ3) is 2.41. The van der Waals surface area contributed by atoms with Gasteiger partial charge in [0.1, 0.15) is 0 Å². The Labute approximate surface area is 122 Å². The fraction of sp³-hybridized carbons (Fsp3) is 0.824. The van der Waals surface area contributed by atoms with E-state index in [1.54, 1.807) is 0 Å².